The van der Waals surface area contributed by atoms with E-state index in [1.54, 1.807) is 0 Å². The van der Waals surface area contributed by atoms with Gasteiger partial charge in [0.1, 0.15) is 0 Å². The highest BCUT2D eigenvalue weighted by molar-refractivity contribution is 5.14. The van der Waals surface area contributed by atoms with Crippen LogP contribution in [0.4, 0.5) is 0 Å². The topological polar surface area (TPSA) is 27.3 Å². The van der Waals surface area contributed by atoms with Gasteiger partial charge < -0.3 is 15.5 Å². The third-order valence-corrected chi connectivity index (χ3v) is 3.72. The minimum Gasteiger partial charge on any atom is -0.316 e. The van der Waals surface area contributed by atoms with Crippen molar-refractivity contribution in [2.45, 2.75) is 19.3 Å². The Morgan fingerprint density at radius 2 is 1.79 bits per heavy atom. The molecule has 0 atom stereocenters. The molecule has 1 fully saturated rings. The van der Waals surface area contributed by atoms with Gasteiger partial charge >= 0.3 is 0 Å². The molecule has 2 rings (SSSR count). The molecule has 3 heteroatoms. The molecular weight excluding hydrogens is 234 g/mol. The molecule has 0 bridgehead atoms. The third kappa shape index (κ3) is 6.19. The van der Waals surface area contributed by atoms with E-state index in [0.717, 1.165) is 32.6 Å². The summed E-state index contributed by atoms with van der Waals surface area (Å²) in [5.41, 5.74) is 1.43. The Bertz CT molecular complexity index is 320. The Labute approximate surface area is 117 Å². The summed E-state index contributed by atoms with van der Waals surface area (Å²) in [5, 5.41) is 6.94. The maximum absolute atomic E-state index is 3.54. The van der Waals surface area contributed by atoms with E-state index in [4.69, 9.17) is 0 Å². The van der Waals surface area contributed by atoms with Gasteiger partial charge in [0.05, 0.1) is 0 Å². The van der Waals surface area contributed by atoms with Crippen molar-refractivity contribution in [3.63, 3.8) is 0 Å². The molecule has 1 aliphatic heterocycles. The first-order valence-corrected chi connectivity index (χ1v) is 7.63. The fourth-order valence-corrected chi connectivity index (χ4v) is 2.52. The van der Waals surface area contributed by atoms with Crippen molar-refractivity contribution in [2.24, 2.45) is 0 Å². The molecular formula is C16H27N3. The van der Waals surface area contributed by atoms with E-state index in [9.17, 15) is 0 Å². The third-order valence-electron chi connectivity index (χ3n) is 3.72. The van der Waals surface area contributed by atoms with Gasteiger partial charge in [-0.15, -0.1) is 0 Å². The molecule has 0 radical (unpaired) electrons. The van der Waals surface area contributed by atoms with Crippen LogP contribution in [0.15, 0.2) is 30.3 Å². The highest BCUT2D eigenvalue weighted by Gasteiger charge is 2.07. The SMILES string of the molecule is c1ccc(CCNCCCCN2CCNCC2)cc1. The molecule has 1 aliphatic rings. The Morgan fingerprint density at radius 3 is 2.58 bits per heavy atom. The van der Waals surface area contributed by atoms with Crippen LogP contribution < -0.4 is 10.6 Å². The maximum atomic E-state index is 3.54. The second-order valence-corrected chi connectivity index (χ2v) is 5.28. The van der Waals surface area contributed by atoms with Gasteiger partial charge in [-0.05, 0) is 44.5 Å². The molecule has 0 saturated carbocycles. The van der Waals surface area contributed by atoms with Gasteiger partial charge in [-0.3, -0.25) is 0 Å². The predicted molar refractivity (Wildman–Crippen MR) is 81.6 cm³/mol. The molecule has 0 spiro atoms. The molecule has 19 heavy (non-hydrogen) atoms. The van der Waals surface area contributed by atoms with E-state index in [-0.39, 0.29) is 0 Å². The summed E-state index contributed by atoms with van der Waals surface area (Å²) in [6, 6.07) is 10.7. The summed E-state index contributed by atoms with van der Waals surface area (Å²) in [6.45, 7) is 8.28. The second-order valence-electron chi connectivity index (χ2n) is 5.28. The van der Waals surface area contributed by atoms with Crippen LogP contribution in [0.1, 0.15) is 18.4 Å². The second kappa shape index (κ2) is 9.08. The van der Waals surface area contributed by atoms with E-state index in [1.807, 2.05) is 0 Å². The van der Waals surface area contributed by atoms with Gasteiger partial charge in [-0.25, -0.2) is 0 Å². The molecule has 3 nitrogen and oxygen atoms in total. The summed E-state index contributed by atoms with van der Waals surface area (Å²) in [4.78, 5) is 2.57. The molecule has 0 unspecified atom stereocenters. The molecule has 1 aromatic rings. The summed E-state index contributed by atoms with van der Waals surface area (Å²) >= 11 is 0. The van der Waals surface area contributed by atoms with Gasteiger partial charge in [0.25, 0.3) is 0 Å². The standard InChI is InChI=1S/C16H27N3/c1-2-6-16(7-3-1)8-10-17-9-4-5-13-19-14-11-18-12-15-19/h1-3,6-7,17-18H,4-5,8-15H2. The summed E-state index contributed by atoms with van der Waals surface area (Å²) in [7, 11) is 0. The number of nitrogens with zero attached hydrogens (tertiary/aromatic N) is 1. The summed E-state index contributed by atoms with van der Waals surface area (Å²) < 4.78 is 0. The molecule has 1 heterocycles. The van der Waals surface area contributed by atoms with E-state index < -0.39 is 0 Å². The first kappa shape index (κ1) is 14.5. The molecule has 0 aromatic heterocycles. The van der Waals surface area contributed by atoms with Crippen molar-refractivity contribution in [2.75, 3.05) is 45.8 Å². The lowest BCUT2D eigenvalue weighted by atomic mass is 10.1. The van der Waals surface area contributed by atoms with Crippen molar-refractivity contribution >= 4 is 0 Å². The van der Waals surface area contributed by atoms with Gasteiger partial charge in [0, 0.05) is 26.2 Å². The van der Waals surface area contributed by atoms with E-state index in [2.05, 4.69) is 45.9 Å². The number of piperazine rings is 1. The molecule has 0 amide bonds. The van der Waals surface area contributed by atoms with Crippen LogP contribution in [-0.4, -0.2) is 50.7 Å². The fourth-order valence-electron chi connectivity index (χ4n) is 2.52. The van der Waals surface area contributed by atoms with Crippen LogP contribution in [0.3, 0.4) is 0 Å². The Morgan fingerprint density at radius 1 is 1.00 bits per heavy atom. The zero-order valence-corrected chi connectivity index (χ0v) is 11.9. The smallest absolute Gasteiger partial charge is 0.0107 e. The number of hydrogen-bond donors (Lipinski definition) is 2. The Kier molecular flexibility index (Phi) is 6.93. The summed E-state index contributed by atoms with van der Waals surface area (Å²) in [6.07, 6.45) is 3.75. The number of nitrogens with one attached hydrogen (secondary N) is 2. The Hall–Kier alpha value is -0.900. The molecule has 0 aliphatic carbocycles. The number of hydrogen-bond acceptors (Lipinski definition) is 3. The van der Waals surface area contributed by atoms with Crippen LogP contribution in [0, 0.1) is 0 Å². The first-order chi connectivity index (χ1) is 9.45. The van der Waals surface area contributed by atoms with Crippen molar-refractivity contribution in [1.29, 1.82) is 0 Å². The zero-order valence-electron chi connectivity index (χ0n) is 11.9. The number of benzene rings is 1. The van der Waals surface area contributed by atoms with Crippen molar-refractivity contribution in [3.05, 3.63) is 35.9 Å². The minimum absolute atomic E-state index is 1.09. The predicted octanol–water partition coefficient (Wildman–Crippen LogP) is 1.50. The van der Waals surface area contributed by atoms with Crippen molar-refractivity contribution < 1.29 is 0 Å². The maximum Gasteiger partial charge on any atom is 0.0107 e. The van der Waals surface area contributed by atoms with Gasteiger partial charge in [0.15, 0.2) is 0 Å². The van der Waals surface area contributed by atoms with Crippen LogP contribution in [0.5, 0.6) is 0 Å². The van der Waals surface area contributed by atoms with Gasteiger partial charge in [-0.2, -0.15) is 0 Å². The minimum atomic E-state index is 1.09. The largest absolute Gasteiger partial charge is 0.316 e. The van der Waals surface area contributed by atoms with Gasteiger partial charge in [-0.1, -0.05) is 30.3 Å². The molecule has 1 aromatic carbocycles. The number of unbranched alkanes of at least 4 members (excludes halogenated alkanes) is 1. The monoisotopic (exact) mass is 261 g/mol. The lowest BCUT2D eigenvalue weighted by Gasteiger charge is -2.27. The van der Waals surface area contributed by atoms with Gasteiger partial charge in [0.2, 0.25) is 0 Å². The highest BCUT2D eigenvalue weighted by atomic mass is 15.2. The lowest BCUT2D eigenvalue weighted by Crippen LogP contribution is -2.43. The summed E-state index contributed by atoms with van der Waals surface area (Å²) in [5.74, 6) is 0. The fraction of sp³-hybridized carbons (Fsp3) is 0.625. The highest BCUT2D eigenvalue weighted by Crippen LogP contribution is 1.99. The van der Waals surface area contributed by atoms with Crippen molar-refractivity contribution in [3.8, 4) is 0 Å². The van der Waals surface area contributed by atoms with E-state index in [1.165, 1.54) is 38.0 Å². The van der Waals surface area contributed by atoms with Crippen LogP contribution in [0.25, 0.3) is 0 Å². The van der Waals surface area contributed by atoms with Crippen LogP contribution in [-0.2, 0) is 6.42 Å². The van der Waals surface area contributed by atoms with Crippen LogP contribution >= 0.6 is 0 Å². The first-order valence-electron chi connectivity index (χ1n) is 7.63. The molecule has 2 N–H and O–H groups in total. The average molecular weight is 261 g/mol. The number of rotatable bonds is 8. The average Bonchev–Trinajstić information content (AvgIpc) is 2.48. The van der Waals surface area contributed by atoms with E-state index in [0.29, 0.717) is 0 Å². The lowest BCUT2D eigenvalue weighted by molar-refractivity contribution is 0.236. The Balaban J connectivity index is 1.42. The van der Waals surface area contributed by atoms with Crippen molar-refractivity contribution in [1.82, 2.24) is 15.5 Å². The molecule has 1 saturated heterocycles. The zero-order chi connectivity index (χ0) is 13.2. The quantitative estimate of drug-likeness (QED) is 0.695. The van der Waals surface area contributed by atoms with E-state index >= 15 is 0 Å². The van der Waals surface area contributed by atoms with Crippen LogP contribution in [0.2, 0.25) is 0 Å². The normalized spacial score (nSPS) is 16.6. The molecule has 106 valence electrons.